The van der Waals surface area contributed by atoms with Gasteiger partial charge in [0.2, 0.25) is 0 Å². The lowest BCUT2D eigenvalue weighted by Gasteiger charge is -2.12. The van der Waals surface area contributed by atoms with E-state index < -0.39 is 0 Å². The molecule has 0 bridgehead atoms. The molecular formula is C17H21N. The summed E-state index contributed by atoms with van der Waals surface area (Å²) in [6, 6.07) is 14.9. The van der Waals surface area contributed by atoms with Crippen LogP contribution in [0.15, 0.2) is 42.5 Å². The predicted octanol–water partition coefficient (Wildman–Crippen LogP) is 4.27. The third-order valence-corrected chi connectivity index (χ3v) is 3.32. The van der Waals surface area contributed by atoms with Gasteiger partial charge in [0.05, 0.1) is 0 Å². The molecule has 0 aliphatic carbocycles. The van der Waals surface area contributed by atoms with E-state index in [1.165, 1.54) is 27.9 Å². The molecule has 0 aliphatic rings. The highest BCUT2D eigenvalue weighted by Crippen LogP contribution is 2.17. The second kappa shape index (κ2) is 5.72. The maximum absolute atomic E-state index is 3.46. The molecule has 0 atom stereocenters. The van der Waals surface area contributed by atoms with Crippen LogP contribution in [0.4, 0.5) is 5.69 Å². The second-order valence-electron chi connectivity index (χ2n) is 4.92. The first-order chi connectivity index (χ1) is 8.66. The van der Waals surface area contributed by atoms with Crippen molar-refractivity contribution in [3.05, 3.63) is 64.7 Å². The summed E-state index contributed by atoms with van der Waals surface area (Å²) in [7, 11) is 0. The number of para-hydroxylation sites is 1. The minimum atomic E-state index is 0.981. The number of nitrogens with one attached hydrogen (secondary N) is 1. The van der Waals surface area contributed by atoms with E-state index in [1.54, 1.807) is 0 Å². The van der Waals surface area contributed by atoms with Gasteiger partial charge in [-0.05, 0) is 56.0 Å². The Morgan fingerprint density at radius 2 is 1.50 bits per heavy atom. The molecule has 0 aromatic heterocycles. The average Bonchev–Trinajstić information content (AvgIpc) is 2.34. The Morgan fingerprint density at radius 3 is 2.11 bits per heavy atom. The molecule has 0 saturated carbocycles. The summed E-state index contributed by atoms with van der Waals surface area (Å²) in [5.41, 5.74) is 6.83. The maximum atomic E-state index is 3.46. The van der Waals surface area contributed by atoms with Gasteiger partial charge in [-0.2, -0.15) is 0 Å². The molecule has 18 heavy (non-hydrogen) atoms. The van der Waals surface area contributed by atoms with Crippen LogP contribution in [0.2, 0.25) is 0 Å². The van der Waals surface area contributed by atoms with Crippen molar-refractivity contribution < 1.29 is 0 Å². The molecule has 0 amide bonds. The van der Waals surface area contributed by atoms with E-state index in [1.807, 2.05) is 6.07 Å². The van der Waals surface area contributed by atoms with Crippen molar-refractivity contribution in [2.45, 2.75) is 27.2 Å². The predicted molar refractivity (Wildman–Crippen MR) is 79.3 cm³/mol. The Bertz CT molecular complexity index is 491. The van der Waals surface area contributed by atoms with Crippen molar-refractivity contribution in [3.8, 4) is 0 Å². The van der Waals surface area contributed by atoms with Gasteiger partial charge in [0.25, 0.3) is 0 Å². The number of hydrogen-bond donors (Lipinski definition) is 1. The van der Waals surface area contributed by atoms with Crippen LogP contribution < -0.4 is 5.32 Å². The fourth-order valence-corrected chi connectivity index (χ4v) is 2.49. The third kappa shape index (κ3) is 3.13. The monoisotopic (exact) mass is 239 g/mol. The molecule has 2 aromatic rings. The molecule has 0 unspecified atom stereocenters. The average molecular weight is 239 g/mol. The van der Waals surface area contributed by atoms with Crippen LogP contribution in [-0.2, 0) is 6.42 Å². The van der Waals surface area contributed by atoms with Gasteiger partial charge >= 0.3 is 0 Å². The van der Waals surface area contributed by atoms with Gasteiger partial charge in [0.15, 0.2) is 0 Å². The van der Waals surface area contributed by atoms with Crippen LogP contribution >= 0.6 is 0 Å². The Hall–Kier alpha value is -1.76. The summed E-state index contributed by atoms with van der Waals surface area (Å²) in [6.45, 7) is 7.55. The van der Waals surface area contributed by atoms with Crippen molar-refractivity contribution in [3.63, 3.8) is 0 Å². The highest BCUT2D eigenvalue weighted by molar-refractivity contribution is 5.43. The third-order valence-electron chi connectivity index (χ3n) is 3.32. The lowest BCUT2D eigenvalue weighted by atomic mass is 9.97. The van der Waals surface area contributed by atoms with Crippen LogP contribution in [-0.4, -0.2) is 6.54 Å². The maximum Gasteiger partial charge on any atom is 0.0340 e. The highest BCUT2D eigenvalue weighted by Gasteiger charge is 2.03. The number of rotatable bonds is 4. The van der Waals surface area contributed by atoms with Crippen molar-refractivity contribution in [1.82, 2.24) is 0 Å². The minimum Gasteiger partial charge on any atom is -0.385 e. The fraction of sp³-hybridized carbons (Fsp3) is 0.294. The molecule has 94 valence electrons. The Labute approximate surface area is 110 Å². The highest BCUT2D eigenvalue weighted by atomic mass is 14.9. The summed E-state index contributed by atoms with van der Waals surface area (Å²) in [4.78, 5) is 0. The summed E-state index contributed by atoms with van der Waals surface area (Å²) in [5, 5.41) is 3.46. The molecule has 2 aromatic carbocycles. The van der Waals surface area contributed by atoms with E-state index in [0.29, 0.717) is 0 Å². The van der Waals surface area contributed by atoms with Crippen LogP contribution in [0.5, 0.6) is 0 Å². The zero-order valence-corrected chi connectivity index (χ0v) is 11.5. The van der Waals surface area contributed by atoms with Crippen LogP contribution in [0.1, 0.15) is 22.3 Å². The van der Waals surface area contributed by atoms with E-state index in [4.69, 9.17) is 0 Å². The summed E-state index contributed by atoms with van der Waals surface area (Å²) in [5.74, 6) is 0. The first-order valence-corrected chi connectivity index (χ1v) is 6.52. The molecule has 0 radical (unpaired) electrons. The van der Waals surface area contributed by atoms with E-state index in [9.17, 15) is 0 Å². The molecule has 1 nitrogen and oxygen atoms in total. The topological polar surface area (TPSA) is 12.0 Å². The zero-order chi connectivity index (χ0) is 13.0. The quantitative estimate of drug-likeness (QED) is 0.840. The van der Waals surface area contributed by atoms with Crippen molar-refractivity contribution in [2.75, 3.05) is 11.9 Å². The van der Waals surface area contributed by atoms with Gasteiger partial charge in [-0.25, -0.2) is 0 Å². The van der Waals surface area contributed by atoms with Gasteiger partial charge in [0.1, 0.15) is 0 Å². The molecule has 0 heterocycles. The lowest BCUT2D eigenvalue weighted by molar-refractivity contribution is 0.987. The van der Waals surface area contributed by atoms with Gasteiger partial charge in [-0.1, -0.05) is 35.9 Å². The van der Waals surface area contributed by atoms with Gasteiger partial charge in [-0.3, -0.25) is 0 Å². The van der Waals surface area contributed by atoms with E-state index in [2.05, 4.69) is 62.5 Å². The molecule has 0 saturated heterocycles. The van der Waals surface area contributed by atoms with Gasteiger partial charge in [0, 0.05) is 12.2 Å². The van der Waals surface area contributed by atoms with Gasteiger partial charge < -0.3 is 5.32 Å². The lowest BCUT2D eigenvalue weighted by Crippen LogP contribution is -2.07. The Balaban J connectivity index is 1.99. The van der Waals surface area contributed by atoms with E-state index in [-0.39, 0.29) is 0 Å². The summed E-state index contributed by atoms with van der Waals surface area (Å²) in [6.07, 6.45) is 1.08. The fourth-order valence-electron chi connectivity index (χ4n) is 2.49. The van der Waals surface area contributed by atoms with Crippen molar-refractivity contribution in [1.29, 1.82) is 0 Å². The Kier molecular flexibility index (Phi) is 4.03. The standard InChI is InChI=1S/C17H21N/c1-13-11-14(2)17(15(3)12-13)9-10-18-16-7-5-4-6-8-16/h4-8,11-12,18H,9-10H2,1-3H3. The molecular weight excluding hydrogens is 218 g/mol. The number of hydrogen-bond acceptors (Lipinski definition) is 1. The smallest absolute Gasteiger partial charge is 0.0340 e. The number of benzene rings is 2. The molecule has 1 heteroatoms. The summed E-state index contributed by atoms with van der Waals surface area (Å²) < 4.78 is 0. The largest absolute Gasteiger partial charge is 0.385 e. The molecule has 0 fully saturated rings. The van der Waals surface area contributed by atoms with Gasteiger partial charge in [-0.15, -0.1) is 0 Å². The van der Waals surface area contributed by atoms with Crippen LogP contribution in [0.25, 0.3) is 0 Å². The second-order valence-corrected chi connectivity index (χ2v) is 4.92. The molecule has 0 aliphatic heterocycles. The van der Waals surface area contributed by atoms with E-state index in [0.717, 1.165) is 13.0 Å². The first kappa shape index (κ1) is 12.7. The molecule has 1 N–H and O–H groups in total. The summed E-state index contributed by atoms with van der Waals surface area (Å²) >= 11 is 0. The minimum absolute atomic E-state index is 0.981. The zero-order valence-electron chi connectivity index (χ0n) is 11.5. The first-order valence-electron chi connectivity index (χ1n) is 6.52. The number of aryl methyl sites for hydroxylation is 3. The SMILES string of the molecule is Cc1cc(C)c(CCNc2ccccc2)c(C)c1. The van der Waals surface area contributed by atoms with Crippen LogP contribution in [0.3, 0.4) is 0 Å². The van der Waals surface area contributed by atoms with E-state index >= 15 is 0 Å². The van der Waals surface area contributed by atoms with Crippen LogP contribution in [0, 0.1) is 20.8 Å². The Morgan fingerprint density at radius 1 is 0.889 bits per heavy atom. The van der Waals surface area contributed by atoms with Crippen molar-refractivity contribution in [2.24, 2.45) is 0 Å². The molecule has 0 spiro atoms. The normalized spacial score (nSPS) is 10.4. The number of anilines is 1. The van der Waals surface area contributed by atoms with Crippen molar-refractivity contribution >= 4 is 5.69 Å². The molecule has 2 rings (SSSR count).